The lowest BCUT2D eigenvalue weighted by Gasteiger charge is -2.06. The van der Waals surface area contributed by atoms with Crippen LogP contribution in [0.25, 0.3) is 0 Å². The van der Waals surface area contributed by atoms with Crippen LogP contribution in [0, 0.1) is 0 Å². The highest BCUT2D eigenvalue weighted by atomic mass is 79.9. The van der Waals surface area contributed by atoms with Crippen LogP contribution in [0.2, 0.25) is 5.15 Å². The smallest absolute Gasteiger partial charge is 0.348 e. The summed E-state index contributed by atoms with van der Waals surface area (Å²) in [6, 6.07) is 4.08. The molecule has 0 unspecified atom stereocenters. The number of sulfonamides is 1. The molecule has 0 saturated carbocycles. The van der Waals surface area contributed by atoms with E-state index in [1.807, 2.05) is 0 Å². The number of pyridine rings is 1. The maximum absolute atomic E-state index is 12.3. The SMILES string of the molecule is COC(=O)c1cc(S(=O)(=O)Nc2ccnc(Cl)c2)c(Br)s1. The van der Waals surface area contributed by atoms with E-state index in [4.69, 9.17) is 11.6 Å². The van der Waals surface area contributed by atoms with Gasteiger partial charge in [0.05, 0.1) is 16.6 Å². The Labute approximate surface area is 138 Å². The second kappa shape index (κ2) is 6.30. The molecule has 2 rings (SSSR count). The van der Waals surface area contributed by atoms with Gasteiger partial charge in [-0.3, -0.25) is 4.72 Å². The molecule has 112 valence electrons. The van der Waals surface area contributed by atoms with Gasteiger partial charge >= 0.3 is 5.97 Å². The molecule has 0 bridgehead atoms. The number of anilines is 1. The summed E-state index contributed by atoms with van der Waals surface area (Å²) in [4.78, 5) is 15.3. The fourth-order valence-corrected chi connectivity index (χ4v) is 5.12. The van der Waals surface area contributed by atoms with Crippen molar-refractivity contribution in [2.45, 2.75) is 4.90 Å². The van der Waals surface area contributed by atoms with Crippen LogP contribution < -0.4 is 4.72 Å². The molecule has 0 aromatic carbocycles. The van der Waals surface area contributed by atoms with Crippen molar-refractivity contribution in [1.82, 2.24) is 4.98 Å². The molecule has 0 fully saturated rings. The van der Waals surface area contributed by atoms with Crippen molar-refractivity contribution in [2.75, 3.05) is 11.8 Å². The monoisotopic (exact) mass is 410 g/mol. The van der Waals surface area contributed by atoms with Crippen LogP contribution in [0.4, 0.5) is 5.69 Å². The van der Waals surface area contributed by atoms with Gasteiger partial charge in [-0.25, -0.2) is 18.2 Å². The highest BCUT2D eigenvalue weighted by Crippen LogP contribution is 2.33. The molecule has 1 N–H and O–H groups in total. The summed E-state index contributed by atoms with van der Waals surface area (Å²) in [5.41, 5.74) is 0.271. The van der Waals surface area contributed by atoms with Crippen molar-refractivity contribution in [1.29, 1.82) is 0 Å². The van der Waals surface area contributed by atoms with E-state index < -0.39 is 16.0 Å². The van der Waals surface area contributed by atoms with Crippen LogP contribution in [0.5, 0.6) is 0 Å². The van der Waals surface area contributed by atoms with E-state index in [2.05, 4.69) is 30.4 Å². The number of carbonyl (C=O) groups excluding carboxylic acids is 1. The fourth-order valence-electron chi connectivity index (χ4n) is 1.41. The largest absolute Gasteiger partial charge is 0.465 e. The number of esters is 1. The minimum atomic E-state index is -3.86. The third-order valence-corrected chi connectivity index (χ3v) is 6.13. The maximum Gasteiger partial charge on any atom is 0.348 e. The molecule has 2 aromatic rings. The number of methoxy groups -OCH3 is 1. The van der Waals surface area contributed by atoms with Crippen LogP contribution in [0.15, 0.2) is 33.1 Å². The first-order valence-corrected chi connectivity index (χ1v) is 8.82. The standard InChI is InChI=1S/C11H8BrClN2O4S2/c1-19-11(16)7-5-8(10(12)20-7)21(17,18)15-6-2-3-14-9(13)4-6/h2-5H,1H3,(H,14,15). The van der Waals surface area contributed by atoms with Crippen molar-refractivity contribution >= 4 is 60.5 Å². The van der Waals surface area contributed by atoms with E-state index in [1.165, 1.54) is 31.5 Å². The maximum atomic E-state index is 12.3. The predicted octanol–water partition coefficient (Wildman–Crippen LogP) is 3.15. The number of aromatic nitrogens is 1. The van der Waals surface area contributed by atoms with Crippen molar-refractivity contribution in [3.8, 4) is 0 Å². The van der Waals surface area contributed by atoms with E-state index >= 15 is 0 Å². The molecule has 0 radical (unpaired) electrons. The first-order valence-electron chi connectivity index (χ1n) is 5.35. The molecule has 0 aliphatic heterocycles. The lowest BCUT2D eigenvalue weighted by molar-refractivity contribution is 0.0606. The van der Waals surface area contributed by atoms with Crippen molar-refractivity contribution in [3.05, 3.63) is 38.2 Å². The van der Waals surface area contributed by atoms with E-state index in [-0.39, 0.29) is 20.6 Å². The number of halogens is 2. The number of ether oxygens (including phenoxy) is 1. The molecule has 6 nitrogen and oxygen atoms in total. The Morgan fingerprint density at radius 2 is 2.19 bits per heavy atom. The number of nitrogens with zero attached hydrogens (tertiary/aromatic N) is 1. The summed E-state index contributed by atoms with van der Waals surface area (Å²) < 4.78 is 31.8. The second-order valence-electron chi connectivity index (χ2n) is 3.71. The Balaban J connectivity index is 2.36. The van der Waals surface area contributed by atoms with Gasteiger partial charge in [-0.05, 0) is 34.1 Å². The molecular weight excluding hydrogens is 404 g/mol. The molecule has 0 saturated heterocycles. The minimum absolute atomic E-state index is 0.0548. The molecule has 2 heterocycles. The summed E-state index contributed by atoms with van der Waals surface area (Å²) in [5, 5.41) is 0.162. The van der Waals surface area contributed by atoms with Gasteiger partial charge in [-0.2, -0.15) is 0 Å². The number of thiophene rings is 1. The Kier molecular flexibility index (Phi) is 4.87. The fraction of sp³-hybridized carbons (Fsp3) is 0.0909. The van der Waals surface area contributed by atoms with Crippen LogP contribution in [0.3, 0.4) is 0 Å². The normalized spacial score (nSPS) is 11.2. The van der Waals surface area contributed by atoms with Gasteiger partial charge in [0.2, 0.25) is 0 Å². The summed E-state index contributed by atoms with van der Waals surface area (Å²) in [6.45, 7) is 0. The highest BCUT2D eigenvalue weighted by molar-refractivity contribution is 9.11. The topological polar surface area (TPSA) is 85.4 Å². The Morgan fingerprint density at radius 3 is 2.81 bits per heavy atom. The van der Waals surface area contributed by atoms with Gasteiger partial charge in [0.25, 0.3) is 10.0 Å². The lowest BCUT2D eigenvalue weighted by atomic mass is 10.4. The van der Waals surface area contributed by atoms with Gasteiger partial charge in [0.15, 0.2) is 0 Å². The van der Waals surface area contributed by atoms with Crippen molar-refractivity contribution in [3.63, 3.8) is 0 Å². The van der Waals surface area contributed by atoms with Gasteiger partial charge in [0.1, 0.15) is 14.9 Å². The minimum Gasteiger partial charge on any atom is -0.465 e. The predicted molar refractivity (Wildman–Crippen MR) is 83.4 cm³/mol. The molecule has 0 atom stereocenters. The third-order valence-electron chi connectivity index (χ3n) is 2.31. The zero-order chi connectivity index (χ0) is 15.6. The number of rotatable bonds is 4. The van der Waals surface area contributed by atoms with Crippen molar-refractivity contribution in [2.24, 2.45) is 0 Å². The Hall–Kier alpha value is -1.16. The van der Waals surface area contributed by atoms with Gasteiger partial charge in [0, 0.05) is 6.20 Å². The van der Waals surface area contributed by atoms with Gasteiger partial charge in [-0.1, -0.05) is 11.6 Å². The first kappa shape index (κ1) is 16.2. The average Bonchev–Trinajstić information content (AvgIpc) is 2.80. The summed E-state index contributed by atoms with van der Waals surface area (Å²) in [7, 11) is -2.64. The molecule has 21 heavy (non-hydrogen) atoms. The number of nitrogens with one attached hydrogen (secondary N) is 1. The summed E-state index contributed by atoms with van der Waals surface area (Å²) >= 11 is 9.80. The van der Waals surface area contributed by atoms with E-state index in [1.54, 1.807) is 0 Å². The highest BCUT2D eigenvalue weighted by Gasteiger charge is 2.23. The number of hydrogen-bond donors (Lipinski definition) is 1. The molecule has 10 heteroatoms. The Bertz CT molecular complexity index is 791. The molecule has 0 aliphatic carbocycles. The van der Waals surface area contributed by atoms with Gasteiger partial charge in [-0.15, -0.1) is 11.3 Å². The van der Waals surface area contributed by atoms with E-state index in [9.17, 15) is 13.2 Å². The van der Waals surface area contributed by atoms with Crippen LogP contribution in [0.1, 0.15) is 9.67 Å². The molecule has 0 amide bonds. The van der Waals surface area contributed by atoms with Crippen molar-refractivity contribution < 1.29 is 17.9 Å². The first-order chi connectivity index (χ1) is 9.83. The lowest BCUT2D eigenvalue weighted by Crippen LogP contribution is -2.12. The zero-order valence-corrected chi connectivity index (χ0v) is 14.4. The van der Waals surface area contributed by atoms with Crippen LogP contribution in [-0.2, 0) is 14.8 Å². The zero-order valence-electron chi connectivity index (χ0n) is 10.5. The van der Waals surface area contributed by atoms with E-state index in [0.717, 1.165) is 11.3 Å². The molecule has 0 aliphatic rings. The Morgan fingerprint density at radius 1 is 1.48 bits per heavy atom. The second-order valence-corrected chi connectivity index (χ2v) is 8.12. The molecule has 0 spiro atoms. The van der Waals surface area contributed by atoms with Crippen LogP contribution >= 0.6 is 38.9 Å². The number of carbonyl (C=O) groups is 1. The summed E-state index contributed by atoms with van der Waals surface area (Å²) in [5.74, 6) is -0.603. The van der Waals surface area contributed by atoms with Crippen LogP contribution in [-0.4, -0.2) is 26.5 Å². The molecular formula is C11H8BrClN2O4S2. The van der Waals surface area contributed by atoms with E-state index in [0.29, 0.717) is 3.79 Å². The van der Waals surface area contributed by atoms with Gasteiger partial charge < -0.3 is 4.74 Å². The summed E-state index contributed by atoms with van der Waals surface area (Å²) in [6.07, 6.45) is 1.38. The number of hydrogen-bond acceptors (Lipinski definition) is 6. The quantitative estimate of drug-likeness (QED) is 0.617. The molecule has 2 aromatic heterocycles. The average molecular weight is 412 g/mol. The third kappa shape index (κ3) is 3.73.